The lowest BCUT2D eigenvalue weighted by Crippen LogP contribution is -2.22. The molecule has 0 aliphatic carbocycles. The third kappa shape index (κ3) is 2.00. The van der Waals surface area contributed by atoms with Crippen molar-refractivity contribution in [3.05, 3.63) is 60.7 Å². The first-order valence-corrected chi connectivity index (χ1v) is 6.72. The average Bonchev–Trinajstić information content (AvgIpc) is 2.40. The van der Waals surface area contributed by atoms with Crippen molar-refractivity contribution >= 4 is 18.3 Å². The zero-order valence-corrected chi connectivity index (χ0v) is 9.97. The van der Waals surface area contributed by atoms with E-state index < -0.39 is 7.72 Å². The Kier molecular flexibility index (Phi) is 3.35. The molecule has 0 aliphatic heterocycles. The predicted molar refractivity (Wildman–Crippen MR) is 68.3 cm³/mol. The minimum Gasteiger partial charge on any atom is -0.349 e. The van der Waals surface area contributed by atoms with Crippen LogP contribution in [0.25, 0.3) is 0 Å². The second kappa shape index (κ2) is 4.75. The maximum Gasteiger partial charge on any atom is 0.158 e. The lowest BCUT2D eigenvalue weighted by atomic mass is 10.4. The molecule has 2 rings (SSSR count). The first-order valence-electron chi connectivity index (χ1n) is 5.06. The molecule has 0 heterocycles. The molecule has 0 bridgehead atoms. The Bertz CT molecular complexity index is 403. The summed E-state index contributed by atoms with van der Waals surface area (Å²) in [5, 5.41) is 1.67. The van der Waals surface area contributed by atoms with Gasteiger partial charge >= 0.3 is 0 Å². The Morgan fingerprint density at radius 3 is 1.50 bits per heavy atom. The fourth-order valence-corrected chi connectivity index (χ4v) is 3.49. The van der Waals surface area contributed by atoms with Crippen molar-refractivity contribution in [2.75, 3.05) is 7.11 Å². The van der Waals surface area contributed by atoms with Gasteiger partial charge in [-0.3, -0.25) is 0 Å². The van der Waals surface area contributed by atoms with Gasteiger partial charge in [-0.05, 0) is 0 Å². The second-order valence-electron chi connectivity index (χ2n) is 3.43. The monoisotopic (exact) mass is 233 g/mol. The van der Waals surface area contributed by atoms with Crippen LogP contribution in [0.2, 0.25) is 0 Å². The van der Waals surface area contributed by atoms with Crippen LogP contribution in [0.4, 0.5) is 0 Å². The Hall–Kier alpha value is -1.21. The number of benzene rings is 2. The maximum atomic E-state index is 10.7. The van der Waals surface area contributed by atoms with Crippen LogP contribution in [-0.4, -0.2) is 12.0 Å². The van der Waals surface area contributed by atoms with Crippen molar-refractivity contribution in [2.24, 2.45) is 0 Å². The molecule has 2 nitrogen and oxygen atoms in total. The highest BCUT2D eigenvalue weighted by molar-refractivity contribution is 7.80. The molecular weight excluding hydrogens is 219 g/mol. The summed E-state index contributed by atoms with van der Waals surface area (Å²) < 4.78 is 5.38. The van der Waals surface area contributed by atoms with Crippen LogP contribution in [0.1, 0.15) is 0 Å². The van der Waals surface area contributed by atoms with Crippen LogP contribution in [0.3, 0.4) is 0 Å². The van der Waals surface area contributed by atoms with Gasteiger partial charge < -0.3 is 9.42 Å². The molecule has 0 aliphatic rings. The van der Waals surface area contributed by atoms with E-state index >= 15 is 0 Å². The highest BCUT2D eigenvalue weighted by atomic mass is 31.2. The fourth-order valence-electron chi connectivity index (χ4n) is 1.62. The minimum absolute atomic E-state index is 0.837. The number of hydrogen-bond acceptors (Lipinski definition) is 2. The summed E-state index contributed by atoms with van der Waals surface area (Å²) in [6.45, 7) is 0. The van der Waals surface area contributed by atoms with Crippen molar-refractivity contribution in [2.45, 2.75) is 0 Å². The molecule has 2 aromatic carbocycles. The summed E-state index contributed by atoms with van der Waals surface area (Å²) in [5.41, 5.74) is 0. The molecule has 1 N–H and O–H groups in total. The zero-order chi connectivity index (χ0) is 11.4. The van der Waals surface area contributed by atoms with E-state index in [0.29, 0.717) is 0 Å². The van der Waals surface area contributed by atoms with Crippen LogP contribution in [-0.2, 0) is 4.52 Å². The van der Waals surface area contributed by atoms with Gasteiger partial charge in [0.25, 0.3) is 0 Å². The van der Waals surface area contributed by atoms with Gasteiger partial charge in [0.1, 0.15) is 0 Å². The number of rotatable bonds is 3. The number of hydrogen-bond donors (Lipinski definition) is 1. The molecule has 2 aromatic rings. The van der Waals surface area contributed by atoms with E-state index in [1.54, 1.807) is 7.11 Å². The molecule has 1 radical (unpaired) electrons. The van der Waals surface area contributed by atoms with Crippen molar-refractivity contribution in [1.82, 2.24) is 0 Å². The maximum absolute atomic E-state index is 10.7. The molecule has 83 valence electrons. The van der Waals surface area contributed by atoms with Crippen LogP contribution < -0.4 is 10.6 Å². The summed E-state index contributed by atoms with van der Waals surface area (Å²) in [7, 11) is -1.11. The lowest BCUT2D eigenvalue weighted by molar-refractivity contribution is 0.387. The molecule has 16 heavy (non-hydrogen) atoms. The molecular formula is C13H14O2P. The molecule has 0 atom stereocenters. The van der Waals surface area contributed by atoms with Crippen LogP contribution in [0, 0.1) is 0 Å². The Labute approximate surface area is 96.0 Å². The van der Waals surface area contributed by atoms with Gasteiger partial charge in [-0.1, -0.05) is 60.7 Å². The van der Waals surface area contributed by atoms with Gasteiger partial charge in [0.15, 0.2) is 7.72 Å². The normalized spacial score (nSPS) is 11.4. The van der Waals surface area contributed by atoms with Crippen LogP contribution in [0.15, 0.2) is 60.7 Å². The predicted octanol–water partition coefficient (Wildman–Crippen LogP) is 2.12. The molecule has 3 heteroatoms. The quantitative estimate of drug-likeness (QED) is 0.823. The van der Waals surface area contributed by atoms with Gasteiger partial charge in [0.2, 0.25) is 0 Å². The molecule has 0 fully saturated rings. The van der Waals surface area contributed by atoms with Gasteiger partial charge in [0.05, 0.1) is 0 Å². The fraction of sp³-hybridized carbons (Fsp3) is 0.0769. The molecule has 0 saturated heterocycles. The molecule has 0 saturated carbocycles. The topological polar surface area (TPSA) is 29.5 Å². The molecule has 0 amide bonds. The van der Waals surface area contributed by atoms with E-state index in [2.05, 4.69) is 0 Å². The van der Waals surface area contributed by atoms with Crippen molar-refractivity contribution in [3.8, 4) is 0 Å². The van der Waals surface area contributed by atoms with Crippen molar-refractivity contribution in [3.63, 3.8) is 0 Å². The van der Waals surface area contributed by atoms with Gasteiger partial charge in [-0.2, -0.15) is 0 Å². The minimum atomic E-state index is -2.65. The summed E-state index contributed by atoms with van der Waals surface area (Å²) >= 11 is 0. The Morgan fingerprint density at radius 2 is 1.19 bits per heavy atom. The van der Waals surface area contributed by atoms with Crippen LogP contribution in [0.5, 0.6) is 0 Å². The van der Waals surface area contributed by atoms with Gasteiger partial charge in [-0.25, -0.2) is 0 Å². The first kappa shape index (κ1) is 11.3. The zero-order valence-electron chi connectivity index (χ0n) is 9.08. The third-order valence-electron chi connectivity index (χ3n) is 2.48. The molecule has 0 spiro atoms. The van der Waals surface area contributed by atoms with E-state index in [9.17, 15) is 4.89 Å². The Morgan fingerprint density at radius 1 is 0.812 bits per heavy atom. The standard InChI is InChI=1S/C13H14O2P/c1-15-16(14,12-8-4-2-5-9-12)13-10-6-3-7-11-13/h2-11,14H,1H3. The lowest BCUT2D eigenvalue weighted by Gasteiger charge is -2.28. The highest BCUT2D eigenvalue weighted by Crippen LogP contribution is 2.52. The highest BCUT2D eigenvalue weighted by Gasteiger charge is 2.28. The summed E-state index contributed by atoms with van der Waals surface area (Å²) in [5.74, 6) is 0. The van der Waals surface area contributed by atoms with Crippen molar-refractivity contribution in [1.29, 1.82) is 0 Å². The summed E-state index contributed by atoms with van der Waals surface area (Å²) in [6, 6.07) is 19.0. The summed E-state index contributed by atoms with van der Waals surface area (Å²) in [6.07, 6.45) is 0. The van der Waals surface area contributed by atoms with Gasteiger partial charge in [0, 0.05) is 17.7 Å². The largest absolute Gasteiger partial charge is 0.349 e. The summed E-state index contributed by atoms with van der Waals surface area (Å²) in [4.78, 5) is 10.7. The smallest absolute Gasteiger partial charge is 0.158 e. The van der Waals surface area contributed by atoms with E-state index in [4.69, 9.17) is 4.52 Å². The first-order chi connectivity index (χ1) is 7.77. The van der Waals surface area contributed by atoms with E-state index in [-0.39, 0.29) is 0 Å². The van der Waals surface area contributed by atoms with E-state index in [1.165, 1.54) is 0 Å². The molecule has 0 unspecified atom stereocenters. The third-order valence-corrected chi connectivity index (χ3v) is 5.00. The average molecular weight is 233 g/mol. The Balaban J connectivity index is 2.49. The second-order valence-corrected chi connectivity index (χ2v) is 5.98. The van der Waals surface area contributed by atoms with Crippen LogP contribution >= 0.6 is 7.72 Å². The SMILES string of the molecule is CO[P](O)(c1ccccc1)c1ccccc1. The van der Waals surface area contributed by atoms with Crippen molar-refractivity contribution < 1.29 is 9.42 Å². The van der Waals surface area contributed by atoms with E-state index in [0.717, 1.165) is 10.6 Å². The van der Waals surface area contributed by atoms with Gasteiger partial charge in [-0.15, -0.1) is 0 Å². The molecule has 0 aromatic heterocycles. The van der Waals surface area contributed by atoms with E-state index in [1.807, 2.05) is 60.7 Å².